The molecule has 0 unspecified atom stereocenters. The van der Waals surface area contributed by atoms with E-state index in [9.17, 15) is 10.2 Å². The van der Waals surface area contributed by atoms with Gasteiger partial charge in [0.05, 0.1) is 11.7 Å². The highest BCUT2D eigenvalue weighted by Crippen LogP contribution is 2.68. The van der Waals surface area contributed by atoms with Gasteiger partial charge in [-0.05, 0) is 81.0 Å². The zero-order chi connectivity index (χ0) is 22.3. The van der Waals surface area contributed by atoms with E-state index in [2.05, 4.69) is 24.3 Å². The van der Waals surface area contributed by atoms with Crippen molar-refractivity contribution in [2.24, 2.45) is 45.4 Å². The number of hydrogen-bond acceptors (Lipinski definition) is 5. The summed E-state index contributed by atoms with van der Waals surface area (Å²) in [5, 5.41) is 36.5. The van der Waals surface area contributed by atoms with Crippen LogP contribution in [0.1, 0.15) is 78.1 Å². The minimum atomic E-state index is -0.623. The van der Waals surface area contributed by atoms with Crippen LogP contribution in [0.3, 0.4) is 0 Å². The molecule has 0 aromatic heterocycles. The fraction of sp³-hybridized carbons (Fsp3) is 0.917. The molecule has 176 valence electrons. The number of fused-ring (bicyclic) bond motifs is 5. The van der Waals surface area contributed by atoms with Crippen LogP contribution in [0.2, 0.25) is 0 Å². The lowest BCUT2D eigenvalue weighted by atomic mass is 9.43. The number of guanidine groups is 1. The maximum atomic E-state index is 12.1. The second-order valence-corrected chi connectivity index (χ2v) is 11.2. The van der Waals surface area contributed by atoms with Crippen molar-refractivity contribution in [3.05, 3.63) is 0 Å². The fourth-order valence-electron chi connectivity index (χ4n) is 8.01. The van der Waals surface area contributed by atoms with Crippen LogP contribution in [-0.2, 0) is 4.84 Å². The summed E-state index contributed by atoms with van der Waals surface area (Å²) in [6.45, 7) is 5.82. The van der Waals surface area contributed by atoms with Gasteiger partial charge in [0, 0.05) is 30.5 Å². The minimum Gasteiger partial charge on any atom is -0.396 e. The van der Waals surface area contributed by atoms with Crippen molar-refractivity contribution in [2.75, 3.05) is 13.2 Å². The van der Waals surface area contributed by atoms with E-state index >= 15 is 0 Å². The predicted octanol–water partition coefficient (Wildman–Crippen LogP) is 3.00. The molecule has 4 rings (SSSR count). The molecule has 0 amide bonds. The number of rotatable bonds is 6. The van der Waals surface area contributed by atoms with Gasteiger partial charge in [0.15, 0.2) is 5.96 Å². The van der Waals surface area contributed by atoms with E-state index in [-0.39, 0.29) is 28.8 Å². The van der Waals surface area contributed by atoms with Crippen LogP contribution < -0.4 is 11.1 Å². The Bertz CT molecular complexity index is 702. The van der Waals surface area contributed by atoms with E-state index < -0.39 is 5.60 Å². The average Bonchev–Trinajstić information content (AvgIpc) is 2.99. The van der Waals surface area contributed by atoms with E-state index in [4.69, 9.17) is 16.0 Å². The van der Waals surface area contributed by atoms with Crippen LogP contribution in [0.25, 0.3) is 0 Å². The molecule has 0 radical (unpaired) electrons. The topological polar surface area (TPSA) is 124 Å². The van der Waals surface area contributed by atoms with E-state index in [1.54, 1.807) is 0 Å². The Kier molecular flexibility index (Phi) is 6.29. The predicted molar refractivity (Wildman–Crippen MR) is 122 cm³/mol. The Balaban J connectivity index is 1.40. The third-order valence-electron chi connectivity index (χ3n) is 9.94. The van der Waals surface area contributed by atoms with Gasteiger partial charge in [-0.15, -0.1) is 0 Å². The average molecular weight is 435 g/mol. The molecule has 4 saturated carbocycles. The molecule has 4 aliphatic rings. The van der Waals surface area contributed by atoms with Crippen molar-refractivity contribution in [2.45, 2.75) is 89.8 Å². The number of nitrogens with zero attached hydrogens (tertiary/aromatic N) is 1. The van der Waals surface area contributed by atoms with Gasteiger partial charge >= 0.3 is 0 Å². The second kappa shape index (κ2) is 8.54. The molecule has 4 aliphatic carbocycles. The molecule has 0 aromatic carbocycles. The summed E-state index contributed by atoms with van der Waals surface area (Å²) in [5.74, 6) is 1.75. The van der Waals surface area contributed by atoms with Gasteiger partial charge in [0.25, 0.3) is 0 Å². The van der Waals surface area contributed by atoms with E-state index in [0.29, 0.717) is 30.9 Å². The van der Waals surface area contributed by atoms with Gasteiger partial charge in [-0.3, -0.25) is 5.41 Å². The van der Waals surface area contributed by atoms with Gasteiger partial charge in [0.2, 0.25) is 0 Å². The maximum absolute atomic E-state index is 12.1. The number of nitrogens with two attached hydrogens (primary N) is 1. The highest BCUT2D eigenvalue weighted by Gasteiger charge is 2.66. The summed E-state index contributed by atoms with van der Waals surface area (Å²) in [4.78, 5) is 5.45. The quantitative estimate of drug-likeness (QED) is 0.190. The molecule has 4 fully saturated rings. The summed E-state index contributed by atoms with van der Waals surface area (Å²) in [5.41, 5.74) is 4.77. The number of nitrogens with one attached hydrogen (secondary N) is 2. The SMILES string of the molecule is C[C@]12CC[C@H](O)C[C@H]1CC[C@@H]1[C@@H]2CC[C@]2(C)[C@@H](/C=N/OCCCNC(=N)N)CC[C@]12O. The Morgan fingerprint density at radius 3 is 2.74 bits per heavy atom. The Labute approximate surface area is 186 Å². The molecule has 31 heavy (non-hydrogen) atoms. The summed E-state index contributed by atoms with van der Waals surface area (Å²) in [7, 11) is 0. The van der Waals surface area contributed by atoms with Crippen LogP contribution in [0.5, 0.6) is 0 Å². The molecular formula is C24H42N4O3. The van der Waals surface area contributed by atoms with Gasteiger partial charge in [-0.1, -0.05) is 19.0 Å². The van der Waals surface area contributed by atoms with E-state index in [1.807, 2.05) is 6.21 Å². The largest absolute Gasteiger partial charge is 0.396 e. The molecule has 0 aliphatic heterocycles. The van der Waals surface area contributed by atoms with E-state index in [1.165, 1.54) is 6.42 Å². The van der Waals surface area contributed by atoms with Crippen molar-refractivity contribution in [1.82, 2.24) is 5.32 Å². The molecular weight excluding hydrogens is 392 g/mol. The molecule has 0 bridgehead atoms. The molecule has 7 heteroatoms. The molecule has 0 aromatic rings. The molecule has 7 nitrogen and oxygen atoms in total. The highest BCUT2D eigenvalue weighted by molar-refractivity contribution is 5.74. The van der Waals surface area contributed by atoms with Crippen molar-refractivity contribution in [1.29, 1.82) is 5.41 Å². The lowest BCUT2D eigenvalue weighted by Gasteiger charge is -2.63. The van der Waals surface area contributed by atoms with Crippen LogP contribution in [-0.4, -0.2) is 47.2 Å². The fourth-order valence-corrected chi connectivity index (χ4v) is 8.01. The maximum Gasteiger partial charge on any atom is 0.185 e. The molecule has 6 N–H and O–H groups in total. The molecule has 0 saturated heterocycles. The number of aliphatic hydroxyl groups excluding tert-OH is 1. The van der Waals surface area contributed by atoms with Crippen LogP contribution in [0.15, 0.2) is 5.16 Å². The van der Waals surface area contributed by atoms with Crippen LogP contribution >= 0.6 is 0 Å². The summed E-state index contributed by atoms with van der Waals surface area (Å²) in [6, 6.07) is 0. The first-order valence-corrected chi connectivity index (χ1v) is 12.3. The standard InChI is InChI=1S/C24H42N4O3/c1-22-9-7-18(29)14-16(22)4-5-20-19(22)8-10-23(2)17(6-11-24(20,23)30)15-28-31-13-3-12-27-21(25)26/h15-20,29-30H,3-14H2,1-2H3,(H4,25,26,27)/b28-15+/t16-,17-,18+,19+,20-,22+,23-,24+/m1/s1. The van der Waals surface area contributed by atoms with Gasteiger partial charge in [-0.25, -0.2) is 0 Å². The second-order valence-electron chi connectivity index (χ2n) is 11.2. The number of aliphatic hydroxyl groups is 2. The van der Waals surface area contributed by atoms with Gasteiger partial charge in [0.1, 0.15) is 6.61 Å². The Hall–Kier alpha value is -1.34. The van der Waals surface area contributed by atoms with Crippen LogP contribution in [0, 0.1) is 39.9 Å². The summed E-state index contributed by atoms with van der Waals surface area (Å²) < 4.78 is 0. The van der Waals surface area contributed by atoms with Crippen molar-refractivity contribution in [3.63, 3.8) is 0 Å². The first-order chi connectivity index (χ1) is 14.7. The Morgan fingerprint density at radius 2 is 1.97 bits per heavy atom. The first kappa shape index (κ1) is 22.8. The lowest BCUT2D eigenvalue weighted by molar-refractivity contribution is -0.206. The lowest BCUT2D eigenvalue weighted by Crippen LogP contribution is -2.62. The van der Waals surface area contributed by atoms with E-state index in [0.717, 1.165) is 57.8 Å². The van der Waals surface area contributed by atoms with Crippen LogP contribution in [0.4, 0.5) is 0 Å². The number of hydrogen-bond donors (Lipinski definition) is 5. The zero-order valence-corrected chi connectivity index (χ0v) is 19.3. The normalized spacial score (nSPS) is 46.8. The third kappa shape index (κ3) is 3.86. The highest BCUT2D eigenvalue weighted by atomic mass is 16.6. The number of oxime groups is 1. The molecule has 0 heterocycles. The summed E-state index contributed by atoms with van der Waals surface area (Å²) >= 11 is 0. The van der Waals surface area contributed by atoms with Gasteiger partial charge < -0.3 is 26.1 Å². The van der Waals surface area contributed by atoms with Crippen molar-refractivity contribution < 1.29 is 15.1 Å². The summed E-state index contributed by atoms with van der Waals surface area (Å²) in [6.07, 6.45) is 11.8. The third-order valence-corrected chi connectivity index (χ3v) is 9.94. The van der Waals surface area contributed by atoms with Crippen molar-refractivity contribution in [3.8, 4) is 0 Å². The Morgan fingerprint density at radius 1 is 1.16 bits per heavy atom. The monoisotopic (exact) mass is 434 g/mol. The first-order valence-electron chi connectivity index (χ1n) is 12.3. The minimum absolute atomic E-state index is 0.0235. The molecule has 0 spiro atoms. The van der Waals surface area contributed by atoms with Gasteiger partial charge in [-0.2, -0.15) is 0 Å². The van der Waals surface area contributed by atoms with Crippen molar-refractivity contribution >= 4 is 12.2 Å². The zero-order valence-electron chi connectivity index (χ0n) is 19.3. The smallest absolute Gasteiger partial charge is 0.185 e. The molecule has 8 atom stereocenters.